The highest BCUT2D eigenvalue weighted by atomic mass is 35.5. The van der Waals surface area contributed by atoms with Crippen molar-refractivity contribution in [3.8, 4) is 17.0 Å². The summed E-state index contributed by atoms with van der Waals surface area (Å²) in [5.74, 6) is 0.765. The van der Waals surface area contributed by atoms with Crippen LogP contribution in [0.1, 0.15) is 5.56 Å². The standard InChI is InChI=1S/C19H14ClN3O/c20-19-22-16(12-18-21-10-11-23(18)19)15-8-4-5-9-17(15)24-13-14-6-2-1-3-7-14/h1-12H,13H2. The number of imidazole rings is 1. The molecule has 118 valence electrons. The molecule has 0 aliphatic rings. The summed E-state index contributed by atoms with van der Waals surface area (Å²) in [6, 6.07) is 19.8. The van der Waals surface area contributed by atoms with E-state index in [1.54, 1.807) is 16.8 Å². The van der Waals surface area contributed by atoms with Crippen LogP contribution in [-0.4, -0.2) is 14.4 Å². The Morgan fingerprint density at radius 1 is 1.00 bits per heavy atom. The van der Waals surface area contributed by atoms with Crippen LogP contribution in [0.4, 0.5) is 0 Å². The maximum absolute atomic E-state index is 6.25. The number of hydrogen-bond acceptors (Lipinski definition) is 3. The van der Waals surface area contributed by atoms with Gasteiger partial charge in [-0.05, 0) is 29.3 Å². The van der Waals surface area contributed by atoms with E-state index >= 15 is 0 Å². The van der Waals surface area contributed by atoms with Crippen molar-refractivity contribution in [3.05, 3.63) is 83.9 Å². The molecule has 4 rings (SSSR count). The minimum absolute atomic E-state index is 0.373. The van der Waals surface area contributed by atoms with Crippen LogP contribution in [0.2, 0.25) is 5.28 Å². The van der Waals surface area contributed by atoms with Crippen LogP contribution in [0.15, 0.2) is 73.1 Å². The van der Waals surface area contributed by atoms with Gasteiger partial charge in [-0.3, -0.25) is 4.40 Å². The van der Waals surface area contributed by atoms with Gasteiger partial charge in [-0.15, -0.1) is 0 Å². The van der Waals surface area contributed by atoms with Crippen LogP contribution < -0.4 is 4.74 Å². The average Bonchev–Trinajstić information content (AvgIpc) is 3.10. The van der Waals surface area contributed by atoms with E-state index in [9.17, 15) is 0 Å². The number of hydrogen-bond donors (Lipinski definition) is 0. The lowest BCUT2D eigenvalue weighted by molar-refractivity contribution is 0.307. The van der Waals surface area contributed by atoms with E-state index in [0.29, 0.717) is 11.9 Å². The summed E-state index contributed by atoms with van der Waals surface area (Å²) in [4.78, 5) is 8.75. The van der Waals surface area contributed by atoms with Crippen molar-refractivity contribution in [2.45, 2.75) is 6.61 Å². The first-order valence-corrected chi connectivity index (χ1v) is 7.95. The summed E-state index contributed by atoms with van der Waals surface area (Å²) >= 11 is 6.25. The van der Waals surface area contributed by atoms with Crippen LogP contribution in [0.25, 0.3) is 16.9 Å². The normalized spacial score (nSPS) is 10.9. The monoisotopic (exact) mass is 335 g/mol. The molecule has 0 bridgehead atoms. The van der Waals surface area contributed by atoms with Crippen LogP contribution in [0.3, 0.4) is 0 Å². The van der Waals surface area contributed by atoms with Crippen molar-refractivity contribution < 1.29 is 4.74 Å². The highest BCUT2D eigenvalue weighted by molar-refractivity contribution is 6.28. The molecular formula is C19H14ClN3O. The third-order valence-electron chi connectivity index (χ3n) is 3.75. The number of para-hydroxylation sites is 1. The molecule has 0 radical (unpaired) electrons. The van der Waals surface area contributed by atoms with E-state index in [-0.39, 0.29) is 0 Å². The topological polar surface area (TPSA) is 39.4 Å². The Kier molecular flexibility index (Phi) is 3.89. The molecule has 2 aromatic heterocycles. The zero-order valence-electron chi connectivity index (χ0n) is 12.8. The maximum atomic E-state index is 6.25. The Morgan fingerprint density at radius 3 is 2.67 bits per heavy atom. The molecule has 5 heteroatoms. The fraction of sp³-hybridized carbons (Fsp3) is 0.0526. The molecule has 0 saturated heterocycles. The van der Waals surface area contributed by atoms with Crippen molar-refractivity contribution in [3.63, 3.8) is 0 Å². The number of rotatable bonds is 4. The van der Waals surface area contributed by atoms with Crippen LogP contribution in [0, 0.1) is 0 Å². The van der Waals surface area contributed by atoms with Crippen molar-refractivity contribution in [2.75, 3.05) is 0 Å². The molecule has 2 aromatic carbocycles. The molecule has 0 amide bonds. The van der Waals surface area contributed by atoms with Gasteiger partial charge in [-0.1, -0.05) is 42.5 Å². The molecule has 4 aromatic rings. The van der Waals surface area contributed by atoms with Gasteiger partial charge >= 0.3 is 0 Å². The van der Waals surface area contributed by atoms with E-state index in [1.165, 1.54) is 0 Å². The number of fused-ring (bicyclic) bond motifs is 1. The van der Waals surface area contributed by atoms with Crippen molar-refractivity contribution in [1.29, 1.82) is 0 Å². The lowest BCUT2D eigenvalue weighted by Crippen LogP contribution is -1.98. The second-order valence-corrected chi connectivity index (χ2v) is 5.67. The second kappa shape index (κ2) is 6.34. The van der Waals surface area contributed by atoms with Gasteiger partial charge in [-0.25, -0.2) is 9.97 Å². The molecule has 4 nitrogen and oxygen atoms in total. The molecular weight excluding hydrogens is 322 g/mol. The fourth-order valence-corrected chi connectivity index (χ4v) is 2.80. The van der Waals surface area contributed by atoms with Gasteiger partial charge in [0.25, 0.3) is 0 Å². The maximum Gasteiger partial charge on any atom is 0.209 e. The quantitative estimate of drug-likeness (QED) is 0.510. The fourth-order valence-electron chi connectivity index (χ4n) is 2.56. The van der Waals surface area contributed by atoms with E-state index in [1.807, 2.05) is 60.7 Å². The van der Waals surface area contributed by atoms with Gasteiger partial charge in [0.2, 0.25) is 5.28 Å². The molecule has 0 atom stereocenters. The van der Waals surface area contributed by atoms with E-state index in [4.69, 9.17) is 16.3 Å². The Balaban J connectivity index is 1.70. The third kappa shape index (κ3) is 2.84. The molecule has 0 saturated carbocycles. The summed E-state index contributed by atoms with van der Waals surface area (Å²) in [7, 11) is 0. The van der Waals surface area contributed by atoms with Gasteiger partial charge in [0.1, 0.15) is 18.0 Å². The van der Waals surface area contributed by atoms with Gasteiger partial charge in [0.15, 0.2) is 0 Å². The van der Waals surface area contributed by atoms with Crippen LogP contribution in [0.5, 0.6) is 5.75 Å². The first-order chi connectivity index (χ1) is 11.8. The Morgan fingerprint density at radius 2 is 1.79 bits per heavy atom. The number of ether oxygens (including phenoxy) is 1. The third-order valence-corrected chi connectivity index (χ3v) is 4.01. The Labute approximate surface area is 144 Å². The molecule has 0 unspecified atom stereocenters. The largest absolute Gasteiger partial charge is 0.488 e. The van der Waals surface area contributed by atoms with Crippen LogP contribution >= 0.6 is 11.6 Å². The molecule has 2 heterocycles. The summed E-state index contributed by atoms with van der Waals surface area (Å²) in [6.07, 6.45) is 3.48. The van der Waals surface area contributed by atoms with E-state index in [0.717, 1.165) is 28.2 Å². The lowest BCUT2D eigenvalue weighted by Gasteiger charge is -2.12. The van der Waals surface area contributed by atoms with Gasteiger partial charge in [-0.2, -0.15) is 0 Å². The zero-order chi connectivity index (χ0) is 16.4. The van der Waals surface area contributed by atoms with Gasteiger partial charge in [0, 0.05) is 24.0 Å². The molecule has 24 heavy (non-hydrogen) atoms. The Hall–Kier alpha value is -2.85. The molecule has 0 fully saturated rings. The van der Waals surface area contributed by atoms with Gasteiger partial charge < -0.3 is 4.74 Å². The van der Waals surface area contributed by atoms with Crippen molar-refractivity contribution in [1.82, 2.24) is 14.4 Å². The van der Waals surface area contributed by atoms with Crippen molar-refractivity contribution in [2.24, 2.45) is 0 Å². The first-order valence-electron chi connectivity index (χ1n) is 7.57. The average molecular weight is 336 g/mol. The molecule has 0 aliphatic carbocycles. The molecule has 0 N–H and O–H groups in total. The number of aromatic nitrogens is 3. The van der Waals surface area contributed by atoms with E-state index in [2.05, 4.69) is 9.97 Å². The summed E-state index contributed by atoms with van der Waals surface area (Å²) in [5.41, 5.74) is 3.49. The zero-order valence-corrected chi connectivity index (χ0v) is 13.5. The van der Waals surface area contributed by atoms with Gasteiger partial charge in [0.05, 0.1) is 5.69 Å². The second-order valence-electron chi connectivity index (χ2n) is 5.34. The molecule has 0 spiro atoms. The minimum atomic E-state index is 0.373. The number of halogens is 1. The number of benzene rings is 2. The predicted molar refractivity (Wildman–Crippen MR) is 94.2 cm³/mol. The SMILES string of the molecule is Clc1nc(-c2ccccc2OCc2ccccc2)cc2nccn12. The molecule has 0 aliphatic heterocycles. The highest BCUT2D eigenvalue weighted by Crippen LogP contribution is 2.30. The lowest BCUT2D eigenvalue weighted by atomic mass is 10.1. The summed E-state index contributed by atoms with van der Waals surface area (Å²) < 4.78 is 7.74. The Bertz CT molecular complexity index is 982. The van der Waals surface area contributed by atoms with Crippen LogP contribution in [-0.2, 0) is 6.61 Å². The highest BCUT2D eigenvalue weighted by Gasteiger charge is 2.11. The van der Waals surface area contributed by atoms with E-state index < -0.39 is 0 Å². The summed E-state index contributed by atoms with van der Waals surface area (Å²) in [6.45, 7) is 0.497. The smallest absolute Gasteiger partial charge is 0.209 e. The summed E-state index contributed by atoms with van der Waals surface area (Å²) in [5, 5.41) is 0.373. The minimum Gasteiger partial charge on any atom is -0.488 e. The van der Waals surface area contributed by atoms with Crippen molar-refractivity contribution >= 4 is 17.2 Å². The predicted octanol–water partition coefficient (Wildman–Crippen LogP) is 4.63. The number of nitrogens with zero attached hydrogens (tertiary/aromatic N) is 3. The first kappa shape index (κ1) is 14.7.